The number of aromatic nitrogens is 2. The first-order valence-corrected chi connectivity index (χ1v) is 15.2. The molecular weight excluding hydrogens is 476 g/mol. The van der Waals surface area contributed by atoms with Crippen molar-refractivity contribution in [2.75, 3.05) is 18.0 Å². The molecule has 0 radical (unpaired) electrons. The van der Waals surface area contributed by atoms with Crippen molar-refractivity contribution < 1.29 is 9.90 Å². The number of fused-ring (bicyclic) bond motifs is 5. The summed E-state index contributed by atoms with van der Waals surface area (Å²) < 4.78 is 2.05. The maximum atomic E-state index is 14.0. The fourth-order valence-corrected chi connectivity index (χ4v) is 9.24. The molecule has 4 bridgehead atoms. The van der Waals surface area contributed by atoms with Crippen LogP contribution in [0.1, 0.15) is 83.6 Å². The van der Waals surface area contributed by atoms with Gasteiger partial charge in [0.15, 0.2) is 5.82 Å². The summed E-state index contributed by atoms with van der Waals surface area (Å²) in [6.07, 6.45) is 14.3. The van der Waals surface area contributed by atoms with E-state index >= 15 is 0 Å². The van der Waals surface area contributed by atoms with Crippen molar-refractivity contribution in [1.29, 1.82) is 0 Å². The number of carboxylic acid groups (broad SMARTS) is 1. The monoisotopic (exact) mass is 518 g/mol. The van der Waals surface area contributed by atoms with E-state index < -0.39 is 11.9 Å². The van der Waals surface area contributed by atoms with Crippen LogP contribution in [0.2, 0.25) is 0 Å². The summed E-state index contributed by atoms with van der Waals surface area (Å²) in [6, 6.07) is 10.0. The Morgan fingerprint density at radius 3 is 2.26 bits per heavy atom. The van der Waals surface area contributed by atoms with E-state index in [9.17, 15) is 14.7 Å². The van der Waals surface area contributed by atoms with Crippen LogP contribution in [0.3, 0.4) is 0 Å². The molecule has 3 aliphatic heterocycles. The van der Waals surface area contributed by atoms with Crippen molar-refractivity contribution >= 4 is 22.8 Å². The minimum atomic E-state index is -0.792. The van der Waals surface area contributed by atoms with E-state index in [0.29, 0.717) is 31.0 Å². The minimum Gasteiger partial charge on any atom is -0.481 e. The Hall–Kier alpha value is -2.41. The van der Waals surface area contributed by atoms with Crippen LogP contribution in [0.5, 0.6) is 0 Å². The molecule has 7 rings (SSSR count). The van der Waals surface area contributed by atoms with Gasteiger partial charge in [-0.25, -0.2) is 4.98 Å². The van der Waals surface area contributed by atoms with Crippen LogP contribution in [0.25, 0.3) is 11.0 Å². The standard InChI is InChI=1S/C31H42N4O3/c1-2-19-10-20-12-21(11-19)14-25(13-20)34-23-6-5-7-24(34)16-26(15-23)35-28-9-4-3-8-27(28)32-29(30(35)36)33-17-22(18-33)31(37)38/h3-4,8-9,19-26H,2,5-7,10-18H2,1H3,(H,37,38)/t19?,20-,21+,23-,24+,25?,26?. The fourth-order valence-electron chi connectivity index (χ4n) is 9.24. The van der Waals surface area contributed by atoms with Gasteiger partial charge in [0.1, 0.15) is 0 Å². The molecule has 1 aromatic carbocycles. The first-order valence-electron chi connectivity index (χ1n) is 15.2. The predicted molar refractivity (Wildman–Crippen MR) is 149 cm³/mol. The second kappa shape index (κ2) is 9.65. The largest absolute Gasteiger partial charge is 0.481 e. The zero-order valence-electron chi connectivity index (χ0n) is 22.7. The van der Waals surface area contributed by atoms with E-state index in [-0.39, 0.29) is 11.6 Å². The Balaban J connectivity index is 1.17. The van der Waals surface area contributed by atoms with Crippen LogP contribution in [0.4, 0.5) is 5.82 Å². The molecule has 204 valence electrons. The number of hydrogen-bond acceptors (Lipinski definition) is 5. The number of nitrogens with zero attached hydrogens (tertiary/aromatic N) is 4. The Morgan fingerprint density at radius 2 is 1.61 bits per heavy atom. The highest BCUT2D eigenvalue weighted by Gasteiger charge is 2.46. The van der Waals surface area contributed by atoms with Gasteiger partial charge in [0, 0.05) is 37.3 Å². The maximum absolute atomic E-state index is 14.0. The lowest BCUT2D eigenvalue weighted by atomic mass is 9.64. The van der Waals surface area contributed by atoms with Gasteiger partial charge in [0.2, 0.25) is 0 Å². The van der Waals surface area contributed by atoms with Crippen LogP contribution in [-0.4, -0.2) is 56.7 Å². The first-order chi connectivity index (χ1) is 18.5. The molecule has 0 amide bonds. The first kappa shape index (κ1) is 24.6. The number of hydrogen-bond donors (Lipinski definition) is 1. The quantitative estimate of drug-likeness (QED) is 0.595. The number of benzene rings is 1. The summed E-state index contributed by atoms with van der Waals surface area (Å²) in [7, 11) is 0. The van der Waals surface area contributed by atoms with Gasteiger partial charge < -0.3 is 14.6 Å². The molecule has 38 heavy (non-hydrogen) atoms. The summed E-state index contributed by atoms with van der Waals surface area (Å²) in [5.74, 6) is 2.00. The van der Waals surface area contributed by atoms with E-state index in [1.54, 1.807) is 0 Å². The predicted octanol–water partition coefficient (Wildman–Crippen LogP) is 5.08. The van der Waals surface area contributed by atoms with Gasteiger partial charge in [0.25, 0.3) is 5.56 Å². The van der Waals surface area contributed by atoms with Crippen molar-refractivity contribution in [3.63, 3.8) is 0 Å². The third kappa shape index (κ3) is 4.16. The molecule has 7 nitrogen and oxygen atoms in total. The van der Waals surface area contributed by atoms with E-state index in [1.165, 1.54) is 57.8 Å². The zero-order valence-corrected chi connectivity index (χ0v) is 22.7. The van der Waals surface area contributed by atoms with Gasteiger partial charge in [-0.05, 0) is 87.7 Å². The lowest BCUT2D eigenvalue weighted by Gasteiger charge is -2.56. The highest BCUT2D eigenvalue weighted by Crippen LogP contribution is 2.49. The van der Waals surface area contributed by atoms with Crippen LogP contribution in [-0.2, 0) is 4.79 Å². The normalized spacial score (nSPS) is 35.7. The average Bonchev–Trinajstić information content (AvgIpc) is 2.86. The summed E-state index contributed by atoms with van der Waals surface area (Å²) in [6.45, 7) is 3.10. The number of rotatable bonds is 5. The molecule has 7 atom stereocenters. The van der Waals surface area contributed by atoms with Gasteiger partial charge in [-0.15, -0.1) is 0 Å². The number of carbonyl (C=O) groups is 1. The molecule has 2 aliphatic carbocycles. The zero-order chi connectivity index (χ0) is 26.0. The van der Waals surface area contributed by atoms with Gasteiger partial charge >= 0.3 is 5.97 Å². The molecule has 1 N–H and O–H groups in total. The lowest BCUT2D eigenvalue weighted by molar-refractivity contribution is -0.142. The van der Waals surface area contributed by atoms with Crippen molar-refractivity contribution in [1.82, 2.24) is 14.5 Å². The van der Waals surface area contributed by atoms with Crippen molar-refractivity contribution in [2.24, 2.45) is 23.7 Å². The molecule has 1 aromatic heterocycles. The fraction of sp³-hybridized carbons (Fsp3) is 0.710. The maximum Gasteiger partial charge on any atom is 0.310 e. The Labute approximate surface area is 225 Å². The average molecular weight is 519 g/mol. The summed E-state index contributed by atoms with van der Waals surface area (Å²) in [5.41, 5.74) is 1.71. The van der Waals surface area contributed by atoms with Crippen molar-refractivity contribution in [2.45, 2.75) is 102 Å². The summed E-state index contributed by atoms with van der Waals surface area (Å²) in [5, 5.41) is 9.36. The molecule has 4 heterocycles. The van der Waals surface area contributed by atoms with Gasteiger partial charge in [-0.3, -0.25) is 14.5 Å². The molecule has 5 aliphatic rings. The topological polar surface area (TPSA) is 78.7 Å². The third-order valence-electron chi connectivity index (χ3n) is 10.9. The SMILES string of the molecule is CCC1C[C@@H]2CC(N3[C@@H]4CCC[C@H]3CC(n3c(=O)c(N5CC(C(=O)O)C5)nc5ccccc53)C4)C[C@H](C1)C2. The van der Waals surface area contributed by atoms with Crippen molar-refractivity contribution in [3.8, 4) is 0 Å². The molecule has 7 heteroatoms. The lowest BCUT2D eigenvalue weighted by Crippen LogP contribution is -2.59. The number of para-hydroxylation sites is 2. The third-order valence-corrected chi connectivity index (χ3v) is 10.9. The second-order valence-corrected chi connectivity index (χ2v) is 13.2. The highest BCUT2D eigenvalue weighted by molar-refractivity contribution is 5.78. The van der Waals surface area contributed by atoms with Crippen molar-refractivity contribution in [3.05, 3.63) is 34.6 Å². The molecule has 2 aromatic rings. The molecule has 5 fully saturated rings. The highest BCUT2D eigenvalue weighted by atomic mass is 16.4. The number of aliphatic carboxylic acids is 1. The molecule has 3 unspecified atom stereocenters. The van der Waals surface area contributed by atoms with Crippen LogP contribution in [0, 0.1) is 23.7 Å². The van der Waals surface area contributed by atoms with Gasteiger partial charge in [0.05, 0.1) is 17.0 Å². The van der Waals surface area contributed by atoms with Crippen LogP contribution in [0.15, 0.2) is 29.1 Å². The van der Waals surface area contributed by atoms with Gasteiger partial charge in [-0.2, -0.15) is 0 Å². The van der Waals surface area contributed by atoms with E-state index in [4.69, 9.17) is 4.98 Å². The second-order valence-electron chi connectivity index (χ2n) is 13.2. The number of carboxylic acids is 1. The van der Waals surface area contributed by atoms with Crippen LogP contribution < -0.4 is 10.5 Å². The molecule has 3 saturated heterocycles. The number of piperidine rings is 2. The summed E-state index contributed by atoms with van der Waals surface area (Å²) in [4.78, 5) is 34.9. The molecule has 0 spiro atoms. The Bertz CT molecular complexity index is 1240. The summed E-state index contributed by atoms with van der Waals surface area (Å²) >= 11 is 0. The van der Waals surface area contributed by atoms with E-state index in [2.05, 4.69) is 16.4 Å². The van der Waals surface area contributed by atoms with Gasteiger partial charge in [-0.1, -0.05) is 31.9 Å². The van der Waals surface area contributed by atoms with Crippen LogP contribution >= 0.6 is 0 Å². The Kier molecular flexibility index (Phi) is 6.25. The minimum absolute atomic E-state index is 0.0399. The van der Waals surface area contributed by atoms with E-state index in [1.807, 2.05) is 29.2 Å². The number of anilines is 1. The molecular formula is C31H42N4O3. The molecule has 2 saturated carbocycles. The smallest absolute Gasteiger partial charge is 0.310 e. The van der Waals surface area contributed by atoms with E-state index in [0.717, 1.165) is 47.7 Å². The Morgan fingerprint density at radius 1 is 0.921 bits per heavy atom.